The van der Waals surface area contributed by atoms with Gasteiger partial charge in [-0.2, -0.15) is 4.31 Å². The van der Waals surface area contributed by atoms with E-state index >= 15 is 0 Å². The fourth-order valence-corrected chi connectivity index (χ4v) is 3.73. The summed E-state index contributed by atoms with van der Waals surface area (Å²) >= 11 is 1.28. The number of rotatable bonds is 2. The summed E-state index contributed by atoms with van der Waals surface area (Å²) in [5.41, 5.74) is 0. The van der Waals surface area contributed by atoms with E-state index in [1.54, 1.807) is 17.5 Å². The zero-order chi connectivity index (χ0) is 8.60. The Morgan fingerprint density at radius 3 is 2.58 bits per heavy atom. The zero-order valence-electron chi connectivity index (χ0n) is 6.43. The van der Waals surface area contributed by atoms with Gasteiger partial charge in [-0.25, -0.2) is 8.42 Å². The molecule has 1 aromatic rings. The standard InChI is InChI=1S/C7H9NO2S2/c9-12(10,8-4-2-5-8)7-3-1-6-11-7/h1,3,6H,2,4-5H2. The van der Waals surface area contributed by atoms with Gasteiger partial charge in [-0.1, -0.05) is 6.07 Å². The number of hydrogen-bond acceptors (Lipinski definition) is 3. The Bertz CT molecular complexity index is 351. The Labute approximate surface area is 75.7 Å². The van der Waals surface area contributed by atoms with Gasteiger partial charge in [0.1, 0.15) is 4.21 Å². The maximum absolute atomic E-state index is 11.6. The molecule has 5 heteroatoms. The minimum absolute atomic E-state index is 0.460. The van der Waals surface area contributed by atoms with Gasteiger partial charge in [-0.3, -0.25) is 0 Å². The molecule has 2 heterocycles. The molecule has 66 valence electrons. The van der Waals surface area contributed by atoms with Crippen molar-refractivity contribution in [2.45, 2.75) is 10.6 Å². The summed E-state index contributed by atoms with van der Waals surface area (Å²) in [6, 6.07) is 3.41. The Morgan fingerprint density at radius 2 is 2.17 bits per heavy atom. The van der Waals surface area contributed by atoms with E-state index in [1.807, 2.05) is 0 Å². The van der Waals surface area contributed by atoms with Crippen LogP contribution in [0.25, 0.3) is 0 Å². The Balaban J connectivity index is 2.33. The van der Waals surface area contributed by atoms with Gasteiger partial charge < -0.3 is 0 Å². The van der Waals surface area contributed by atoms with Gasteiger partial charge in [0.15, 0.2) is 0 Å². The molecule has 0 bridgehead atoms. The van der Waals surface area contributed by atoms with Crippen molar-refractivity contribution in [3.05, 3.63) is 17.5 Å². The van der Waals surface area contributed by atoms with Crippen LogP contribution in [0.5, 0.6) is 0 Å². The third-order valence-corrected chi connectivity index (χ3v) is 5.18. The molecule has 0 saturated carbocycles. The average Bonchev–Trinajstić information content (AvgIpc) is 2.30. The highest BCUT2D eigenvalue weighted by molar-refractivity contribution is 7.91. The van der Waals surface area contributed by atoms with E-state index < -0.39 is 10.0 Å². The molecule has 1 aliphatic heterocycles. The molecular formula is C7H9NO2S2. The summed E-state index contributed by atoms with van der Waals surface area (Å²) in [7, 11) is -3.11. The highest BCUT2D eigenvalue weighted by Crippen LogP contribution is 2.24. The molecule has 0 spiro atoms. The molecule has 3 nitrogen and oxygen atoms in total. The van der Waals surface area contributed by atoms with E-state index in [9.17, 15) is 8.42 Å². The molecule has 0 unspecified atom stereocenters. The molecule has 12 heavy (non-hydrogen) atoms. The lowest BCUT2D eigenvalue weighted by Crippen LogP contribution is -2.41. The minimum Gasteiger partial charge on any atom is -0.206 e. The summed E-state index contributed by atoms with van der Waals surface area (Å²) in [5, 5.41) is 1.78. The van der Waals surface area contributed by atoms with Gasteiger partial charge in [0.2, 0.25) is 0 Å². The van der Waals surface area contributed by atoms with Crippen LogP contribution in [0.15, 0.2) is 21.7 Å². The summed E-state index contributed by atoms with van der Waals surface area (Å²) in [6.45, 7) is 1.36. The number of sulfonamides is 1. The molecule has 0 N–H and O–H groups in total. The van der Waals surface area contributed by atoms with Crippen LogP contribution in [0.3, 0.4) is 0 Å². The van der Waals surface area contributed by atoms with E-state index in [1.165, 1.54) is 15.6 Å². The summed E-state index contributed by atoms with van der Waals surface area (Å²) < 4.78 is 25.2. The highest BCUT2D eigenvalue weighted by Gasteiger charge is 2.29. The number of hydrogen-bond donors (Lipinski definition) is 0. The first-order valence-corrected chi connectivity index (χ1v) is 6.07. The molecule has 1 saturated heterocycles. The SMILES string of the molecule is O=S(=O)(c1cccs1)N1CCC1. The predicted octanol–water partition coefficient (Wildman–Crippen LogP) is 1.14. The van der Waals surface area contributed by atoms with Crippen molar-refractivity contribution < 1.29 is 8.42 Å². The van der Waals surface area contributed by atoms with Crippen molar-refractivity contribution in [3.63, 3.8) is 0 Å². The summed E-state index contributed by atoms with van der Waals surface area (Å²) in [6.07, 6.45) is 0.991. The normalized spacial score (nSPS) is 19.0. The first-order valence-electron chi connectivity index (χ1n) is 3.75. The smallest absolute Gasteiger partial charge is 0.206 e. The van der Waals surface area contributed by atoms with Crippen LogP contribution in [-0.2, 0) is 10.0 Å². The molecule has 0 aromatic carbocycles. The second-order valence-electron chi connectivity index (χ2n) is 2.69. The molecule has 1 fully saturated rings. The van der Waals surface area contributed by atoms with Gasteiger partial charge in [0.05, 0.1) is 0 Å². The lowest BCUT2D eigenvalue weighted by atomic mass is 10.3. The van der Waals surface area contributed by atoms with Gasteiger partial charge >= 0.3 is 0 Å². The van der Waals surface area contributed by atoms with E-state index in [0.717, 1.165) is 6.42 Å². The van der Waals surface area contributed by atoms with Crippen LogP contribution >= 0.6 is 11.3 Å². The Kier molecular flexibility index (Phi) is 1.94. The Hall–Kier alpha value is -0.390. The molecular weight excluding hydrogens is 194 g/mol. The molecule has 0 amide bonds. The number of thiophene rings is 1. The second kappa shape index (κ2) is 2.83. The molecule has 0 atom stereocenters. The van der Waals surface area contributed by atoms with E-state index in [4.69, 9.17) is 0 Å². The monoisotopic (exact) mass is 203 g/mol. The first kappa shape index (κ1) is 8.22. The van der Waals surface area contributed by atoms with Crippen LogP contribution in [0, 0.1) is 0 Å². The fraction of sp³-hybridized carbons (Fsp3) is 0.429. The van der Waals surface area contributed by atoms with Gasteiger partial charge in [0.25, 0.3) is 10.0 Å². The number of nitrogens with zero attached hydrogens (tertiary/aromatic N) is 1. The van der Waals surface area contributed by atoms with Gasteiger partial charge in [0, 0.05) is 13.1 Å². The largest absolute Gasteiger partial charge is 0.252 e. The van der Waals surface area contributed by atoms with Crippen LogP contribution < -0.4 is 0 Å². The first-order chi connectivity index (χ1) is 5.71. The van der Waals surface area contributed by atoms with Crippen molar-refractivity contribution in [2.24, 2.45) is 0 Å². The summed E-state index contributed by atoms with van der Waals surface area (Å²) in [5.74, 6) is 0. The van der Waals surface area contributed by atoms with Crippen LogP contribution in [-0.4, -0.2) is 25.8 Å². The molecule has 0 radical (unpaired) electrons. The lowest BCUT2D eigenvalue weighted by molar-refractivity contribution is 0.310. The van der Waals surface area contributed by atoms with Crippen molar-refractivity contribution in [1.82, 2.24) is 4.31 Å². The third-order valence-electron chi connectivity index (χ3n) is 1.90. The summed E-state index contributed by atoms with van der Waals surface area (Å²) in [4.78, 5) is 0. The van der Waals surface area contributed by atoms with Gasteiger partial charge in [-0.05, 0) is 17.9 Å². The van der Waals surface area contributed by atoms with Crippen molar-refractivity contribution in [2.75, 3.05) is 13.1 Å². The zero-order valence-corrected chi connectivity index (χ0v) is 8.07. The third kappa shape index (κ3) is 1.18. The van der Waals surface area contributed by atoms with Crippen LogP contribution in [0.1, 0.15) is 6.42 Å². The molecule has 0 aliphatic carbocycles. The average molecular weight is 203 g/mol. The second-order valence-corrected chi connectivity index (χ2v) is 5.80. The topological polar surface area (TPSA) is 37.4 Å². The van der Waals surface area contributed by atoms with E-state index in [0.29, 0.717) is 17.3 Å². The van der Waals surface area contributed by atoms with Crippen molar-refractivity contribution in [1.29, 1.82) is 0 Å². The van der Waals surface area contributed by atoms with E-state index in [-0.39, 0.29) is 0 Å². The quantitative estimate of drug-likeness (QED) is 0.723. The maximum Gasteiger partial charge on any atom is 0.252 e. The minimum atomic E-state index is -3.11. The Morgan fingerprint density at radius 1 is 1.42 bits per heavy atom. The predicted molar refractivity (Wildman–Crippen MR) is 47.7 cm³/mol. The van der Waals surface area contributed by atoms with Crippen LogP contribution in [0.4, 0.5) is 0 Å². The van der Waals surface area contributed by atoms with E-state index in [2.05, 4.69) is 0 Å². The molecule has 2 rings (SSSR count). The highest BCUT2D eigenvalue weighted by atomic mass is 32.2. The van der Waals surface area contributed by atoms with Crippen molar-refractivity contribution in [3.8, 4) is 0 Å². The van der Waals surface area contributed by atoms with Crippen LogP contribution in [0.2, 0.25) is 0 Å². The fourth-order valence-electron chi connectivity index (χ4n) is 1.07. The van der Waals surface area contributed by atoms with Gasteiger partial charge in [-0.15, -0.1) is 11.3 Å². The van der Waals surface area contributed by atoms with Crippen molar-refractivity contribution >= 4 is 21.4 Å². The molecule has 1 aliphatic rings. The molecule has 1 aromatic heterocycles. The lowest BCUT2D eigenvalue weighted by Gasteiger charge is -2.28. The maximum atomic E-state index is 11.6.